The average molecular weight is 340 g/mol. The summed E-state index contributed by atoms with van der Waals surface area (Å²) in [5.41, 5.74) is 0.218. The van der Waals surface area contributed by atoms with Crippen LogP contribution in [0.5, 0.6) is 0 Å². The number of thiazole rings is 1. The smallest absolute Gasteiger partial charge is 0.183 e. The number of hydrogen-bond donors (Lipinski definition) is 1. The van der Waals surface area contributed by atoms with Gasteiger partial charge in [-0.15, -0.1) is 11.3 Å². The summed E-state index contributed by atoms with van der Waals surface area (Å²) in [5.74, 6) is -1.27. The molecule has 0 saturated heterocycles. The van der Waals surface area contributed by atoms with E-state index >= 15 is 0 Å². The molecule has 1 heterocycles. The molecular weight excluding hydrogens is 334 g/mol. The van der Waals surface area contributed by atoms with Crippen molar-refractivity contribution in [2.24, 2.45) is 0 Å². The number of halogens is 4. The minimum Gasteiger partial charge on any atom is -0.377 e. The minimum atomic E-state index is -0.646. The molecule has 0 unspecified atom stereocenters. The number of benzene rings is 1. The Morgan fingerprint density at radius 3 is 2.76 bits per heavy atom. The highest BCUT2D eigenvalue weighted by Crippen LogP contribution is 2.28. The highest BCUT2D eigenvalue weighted by molar-refractivity contribution is 9.10. The van der Waals surface area contributed by atoms with Crippen molar-refractivity contribution in [3.63, 3.8) is 0 Å². The van der Waals surface area contributed by atoms with Crippen LogP contribution in [0.1, 0.15) is 4.88 Å². The van der Waals surface area contributed by atoms with Crippen LogP contribution in [0, 0.1) is 11.6 Å². The monoisotopic (exact) mass is 338 g/mol. The zero-order valence-electron chi connectivity index (χ0n) is 8.31. The first kappa shape index (κ1) is 12.7. The first-order valence-corrected chi connectivity index (χ1v) is 6.53. The van der Waals surface area contributed by atoms with E-state index in [1.165, 1.54) is 17.4 Å². The lowest BCUT2D eigenvalue weighted by atomic mass is 10.3. The molecule has 1 N–H and O–H groups in total. The highest BCUT2D eigenvalue weighted by Gasteiger charge is 2.09. The Hall–Kier alpha value is -0.720. The van der Waals surface area contributed by atoms with Crippen LogP contribution < -0.4 is 5.32 Å². The van der Waals surface area contributed by atoms with Crippen LogP contribution in [-0.2, 0) is 6.54 Å². The molecule has 2 nitrogen and oxygen atoms in total. The number of aromatic nitrogens is 1. The summed E-state index contributed by atoms with van der Waals surface area (Å²) in [7, 11) is 0. The lowest BCUT2D eigenvalue weighted by Gasteiger charge is -2.08. The van der Waals surface area contributed by atoms with Crippen LogP contribution in [0.25, 0.3) is 0 Å². The van der Waals surface area contributed by atoms with Gasteiger partial charge in [0.15, 0.2) is 4.47 Å². The van der Waals surface area contributed by atoms with Gasteiger partial charge in [0.2, 0.25) is 0 Å². The van der Waals surface area contributed by atoms with Crippen molar-refractivity contribution in [3.05, 3.63) is 43.8 Å². The fraction of sp³-hybridized carbons (Fsp3) is 0.100. The maximum atomic E-state index is 13.4. The molecule has 0 saturated carbocycles. The Bertz CT molecular complexity index is 524. The zero-order valence-corrected chi connectivity index (χ0v) is 11.5. The second kappa shape index (κ2) is 5.29. The summed E-state index contributed by atoms with van der Waals surface area (Å²) in [6, 6.07) is 2.03. The summed E-state index contributed by atoms with van der Waals surface area (Å²) in [4.78, 5) is 4.73. The van der Waals surface area contributed by atoms with Crippen LogP contribution in [0.15, 0.2) is 22.8 Å². The van der Waals surface area contributed by atoms with Crippen LogP contribution in [-0.4, -0.2) is 4.98 Å². The summed E-state index contributed by atoms with van der Waals surface area (Å²) < 4.78 is 27.1. The van der Waals surface area contributed by atoms with Gasteiger partial charge in [-0.25, -0.2) is 13.8 Å². The predicted octanol–water partition coefficient (Wildman–Crippen LogP) is 4.45. The largest absolute Gasteiger partial charge is 0.377 e. The van der Waals surface area contributed by atoms with Gasteiger partial charge >= 0.3 is 0 Å². The van der Waals surface area contributed by atoms with E-state index in [2.05, 4.69) is 26.2 Å². The van der Waals surface area contributed by atoms with E-state index in [1.54, 1.807) is 6.20 Å². The first-order valence-electron chi connectivity index (χ1n) is 4.55. The fourth-order valence-electron chi connectivity index (χ4n) is 1.25. The quantitative estimate of drug-likeness (QED) is 0.893. The standard InChI is InChI=1S/C10H6BrClF2N2S/c11-7-1-5(13)2-8(14)9(7)15-3-6-4-16-10(12)17-6/h1-2,4,15H,3H2. The van der Waals surface area contributed by atoms with Gasteiger partial charge < -0.3 is 5.32 Å². The summed E-state index contributed by atoms with van der Waals surface area (Å²) in [6.07, 6.45) is 1.61. The van der Waals surface area contributed by atoms with Crippen molar-refractivity contribution < 1.29 is 8.78 Å². The molecule has 0 spiro atoms. The lowest BCUT2D eigenvalue weighted by Crippen LogP contribution is -2.01. The molecule has 17 heavy (non-hydrogen) atoms. The fourth-order valence-corrected chi connectivity index (χ4v) is 2.72. The third-order valence-corrected chi connectivity index (χ3v) is 3.71. The van der Waals surface area contributed by atoms with Gasteiger partial charge in [-0.05, 0) is 22.0 Å². The van der Waals surface area contributed by atoms with E-state index in [-0.39, 0.29) is 5.69 Å². The molecule has 0 atom stereocenters. The maximum absolute atomic E-state index is 13.4. The van der Waals surface area contributed by atoms with Gasteiger partial charge in [0.05, 0.1) is 12.2 Å². The SMILES string of the molecule is Fc1cc(F)c(NCc2cnc(Cl)s2)c(Br)c1. The maximum Gasteiger partial charge on any atom is 0.183 e. The summed E-state index contributed by atoms with van der Waals surface area (Å²) in [6.45, 7) is 0.380. The highest BCUT2D eigenvalue weighted by atomic mass is 79.9. The third kappa shape index (κ3) is 3.14. The van der Waals surface area contributed by atoms with Gasteiger partial charge in [-0.3, -0.25) is 0 Å². The molecular formula is C10H6BrClF2N2S. The molecule has 0 aliphatic heterocycles. The summed E-state index contributed by atoms with van der Waals surface area (Å²) in [5, 5.41) is 2.86. The lowest BCUT2D eigenvalue weighted by molar-refractivity contribution is 0.583. The van der Waals surface area contributed by atoms with Crippen molar-refractivity contribution in [1.82, 2.24) is 4.98 Å². The van der Waals surface area contributed by atoms with Crippen LogP contribution >= 0.6 is 38.9 Å². The second-order valence-electron chi connectivity index (χ2n) is 3.18. The molecule has 0 bridgehead atoms. The number of rotatable bonds is 3. The number of nitrogens with one attached hydrogen (secondary N) is 1. The van der Waals surface area contributed by atoms with Crippen molar-refractivity contribution >= 4 is 44.6 Å². The molecule has 0 amide bonds. The van der Waals surface area contributed by atoms with Crippen molar-refractivity contribution in [1.29, 1.82) is 0 Å². The second-order valence-corrected chi connectivity index (χ2v) is 5.73. The normalized spacial score (nSPS) is 10.6. The Labute approximate surface area is 114 Å². The van der Waals surface area contributed by atoms with Crippen molar-refractivity contribution in [2.45, 2.75) is 6.54 Å². The van der Waals surface area contributed by atoms with Crippen molar-refractivity contribution in [2.75, 3.05) is 5.32 Å². The minimum absolute atomic E-state index is 0.218. The van der Waals surface area contributed by atoms with E-state index in [9.17, 15) is 8.78 Å². The number of nitrogens with zero attached hydrogens (tertiary/aromatic N) is 1. The molecule has 2 aromatic rings. The molecule has 2 rings (SSSR count). The molecule has 0 aliphatic carbocycles. The van der Waals surface area contributed by atoms with Gasteiger partial charge in [-0.2, -0.15) is 0 Å². The van der Waals surface area contributed by atoms with E-state index in [1.807, 2.05) is 0 Å². The molecule has 7 heteroatoms. The number of anilines is 1. The van der Waals surface area contributed by atoms with Crippen LogP contribution in [0.4, 0.5) is 14.5 Å². The van der Waals surface area contributed by atoms with Crippen molar-refractivity contribution in [3.8, 4) is 0 Å². The van der Waals surface area contributed by atoms with Crippen LogP contribution in [0.3, 0.4) is 0 Å². The van der Waals surface area contributed by atoms with E-state index < -0.39 is 11.6 Å². The molecule has 0 aliphatic rings. The van der Waals surface area contributed by atoms with E-state index in [4.69, 9.17) is 11.6 Å². The zero-order chi connectivity index (χ0) is 12.4. The van der Waals surface area contributed by atoms with Crippen LogP contribution in [0.2, 0.25) is 4.47 Å². The Balaban J connectivity index is 2.14. The first-order chi connectivity index (χ1) is 8.06. The molecule has 90 valence electrons. The molecule has 1 aromatic carbocycles. The topological polar surface area (TPSA) is 24.9 Å². The Kier molecular flexibility index (Phi) is 3.96. The molecule has 0 radical (unpaired) electrons. The van der Waals surface area contributed by atoms with Gasteiger partial charge in [0.1, 0.15) is 11.6 Å². The van der Waals surface area contributed by atoms with Gasteiger partial charge in [0.25, 0.3) is 0 Å². The number of hydrogen-bond acceptors (Lipinski definition) is 3. The van der Waals surface area contributed by atoms with Gasteiger partial charge in [0, 0.05) is 21.6 Å². The average Bonchev–Trinajstić information content (AvgIpc) is 2.62. The van der Waals surface area contributed by atoms with Gasteiger partial charge in [-0.1, -0.05) is 11.6 Å². The predicted molar refractivity (Wildman–Crippen MR) is 68.5 cm³/mol. The third-order valence-electron chi connectivity index (χ3n) is 1.97. The molecule has 0 fully saturated rings. The summed E-state index contributed by atoms with van der Waals surface area (Å²) >= 11 is 10.1. The van der Waals surface area contributed by atoms with E-state index in [0.29, 0.717) is 15.5 Å². The Morgan fingerprint density at radius 2 is 2.18 bits per heavy atom. The van der Waals surface area contributed by atoms with E-state index in [0.717, 1.165) is 10.9 Å². The Morgan fingerprint density at radius 1 is 1.41 bits per heavy atom. The molecule has 1 aromatic heterocycles.